The molecule has 0 aliphatic rings. The van der Waals surface area contributed by atoms with E-state index in [0.717, 1.165) is 24.2 Å². The SMILES string of the molecule is CCC(CSC)N(C)S(=O)(=O)c1ccc(CCCO)cc1. The number of nitrogens with zero attached hydrogens (tertiary/aromatic N) is 1. The number of aliphatic hydroxyl groups excluding tert-OH is 1. The van der Waals surface area contributed by atoms with Gasteiger partial charge in [-0.1, -0.05) is 19.1 Å². The molecule has 1 aromatic carbocycles. The molecule has 0 heterocycles. The summed E-state index contributed by atoms with van der Waals surface area (Å²) in [6.45, 7) is 2.15. The predicted molar refractivity (Wildman–Crippen MR) is 89.3 cm³/mol. The van der Waals surface area contributed by atoms with Gasteiger partial charge in [-0.05, 0) is 43.2 Å². The average molecular weight is 332 g/mol. The van der Waals surface area contributed by atoms with E-state index in [1.807, 2.05) is 25.3 Å². The Labute approximate surface area is 132 Å². The number of hydrogen-bond donors (Lipinski definition) is 1. The zero-order chi connectivity index (χ0) is 15.9. The molecule has 21 heavy (non-hydrogen) atoms. The van der Waals surface area contributed by atoms with E-state index in [9.17, 15) is 8.42 Å². The topological polar surface area (TPSA) is 57.6 Å². The van der Waals surface area contributed by atoms with Crippen LogP contribution in [0.5, 0.6) is 0 Å². The molecule has 0 saturated carbocycles. The summed E-state index contributed by atoms with van der Waals surface area (Å²) in [5.41, 5.74) is 1.04. The quantitative estimate of drug-likeness (QED) is 0.755. The van der Waals surface area contributed by atoms with Crippen molar-refractivity contribution >= 4 is 21.8 Å². The van der Waals surface area contributed by atoms with E-state index in [-0.39, 0.29) is 12.6 Å². The molecule has 0 aliphatic carbocycles. The molecular weight excluding hydrogens is 306 g/mol. The Bertz CT molecular complexity index is 514. The van der Waals surface area contributed by atoms with Gasteiger partial charge in [0.15, 0.2) is 0 Å². The van der Waals surface area contributed by atoms with Crippen LogP contribution >= 0.6 is 11.8 Å². The first-order valence-electron chi connectivity index (χ1n) is 7.14. The molecule has 0 amide bonds. The molecule has 4 nitrogen and oxygen atoms in total. The van der Waals surface area contributed by atoms with Crippen LogP contribution in [0, 0.1) is 0 Å². The fraction of sp³-hybridized carbons (Fsp3) is 0.600. The summed E-state index contributed by atoms with van der Waals surface area (Å²) in [5.74, 6) is 0.792. The van der Waals surface area contributed by atoms with E-state index in [4.69, 9.17) is 5.11 Å². The monoisotopic (exact) mass is 331 g/mol. The van der Waals surface area contributed by atoms with Crippen LogP contribution < -0.4 is 0 Å². The predicted octanol–water partition coefficient (Wildman–Crippen LogP) is 2.37. The number of aliphatic hydroxyl groups is 1. The Morgan fingerprint density at radius 3 is 2.38 bits per heavy atom. The van der Waals surface area contributed by atoms with Crippen LogP contribution in [0.1, 0.15) is 25.3 Å². The van der Waals surface area contributed by atoms with E-state index >= 15 is 0 Å². The molecule has 0 spiro atoms. The van der Waals surface area contributed by atoms with E-state index in [0.29, 0.717) is 11.3 Å². The molecule has 1 aromatic rings. The molecule has 1 unspecified atom stereocenters. The summed E-state index contributed by atoms with van der Waals surface area (Å²) in [5, 5.41) is 8.82. The lowest BCUT2D eigenvalue weighted by Gasteiger charge is -2.26. The Kier molecular flexibility index (Phi) is 7.73. The third kappa shape index (κ3) is 4.98. The third-order valence-corrected chi connectivity index (χ3v) is 6.21. The van der Waals surface area contributed by atoms with Gasteiger partial charge >= 0.3 is 0 Å². The summed E-state index contributed by atoms with van der Waals surface area (Å²) in [6, 6.07) is 6.98. The summed E-state index contributed by atoms with van der Waals surface area (Å²) < 4.78 is 26.7. The van der Waals surface area contributed by atoms with E-state index in [1.165, 1.54) is 4.31 Å². The normalized spacial score (nSPS) is 13.6. The first kappa shape index (κ1) is 18.5. The highest BCUT2D eigenvalue weighted by atomic mass is 32.2. The Morgan fingerprint density at radius 2 is 1.90 bits per heavy atom. The molecule has 0 saturated heterocycles. The molecule has 0 aromatic heterocycles. The lowest BCUT2D eigenvalue weighted by Crippen LogP contribution is -2.38. The maximum atomic E-state index is 12.6. The number of hydrogen-bond acceptors (Lipinski definition) is 4. The van der Waals surface area contributed by atoms with Crippen molar-refractivity contribution < 1.29 is 13.5 Å². The Morgan fingerprint density at radius 1 is 1.29 bits per heavy atom. The summed E-state index contributed by atoms with van der Waals surface area (Å²) in [4.78, 5) is 0.331. The first-order valence-corrected chi connectivity index (χ1v) is 9.97. The molecule has 0 bridgehead atoms. The number of aryl methyl sites for hydroxylation is 1. The van der Waals surface area contributed by atoms with Crippen molar-refractivity contribution in [2.24, 2.45) is 0 Å². The minimum atomic E-state index is -3.44. The van der Waals surface area contributed by atoms with E-state index in [1.54, 1.807) is 30.9 Å². The molecule has 0 aliphatic heterocycles. The summed E-state index contributed by atoms with van der Waals surface area (Å²) >= 11 is 1.66. The molecule has 120 valence electrons. The van der Waals surface area contributed by atoms with Crippen molar-refractivity contribution in [3.8, 4) is 0 Å². The van der Waals surface area contributed by atoms with Gasteiger partial charge in [-0.2, -0.15) is 16.1 Å². The fourth-order valence-electron chi connectivity index (χ4n) is 2.15. The Balaban J connectivity index is 2.91. The van der Waals surface area contributed by atoms with Gasteiger partial charge in [0.2, 0.25) is 10.0 Å². The number of rotatable bonds is 9. The van der Waals surface area contributed by atoms with Gasteiger partial charge in [0.05, 0.1) is 4.90 Å². The molecule has 1 rings (SSSR count). The van der Waals surface area contributed by atoms with Gasteiger partial charge in [0, 0.05) is 25.4 Å². The lowest BCUT2D eigenvalue weighted by molar-refractivity contribution is 0.288. The van der Waals surface area contributed by atoms with Crippen molar-refractivity contribution in [1.29, 1.82) is 0 Å². The second kappa shape index (κ2) is 8.78. The van der Waals surface area contributed by atoms with Crippen LogP contribution in [-0.4, -0.2) is 49.5 Å². The van der Waals surface area contributed by atoms with Crippen molar-refractivity contribution in [3.05, 3.63) is 29.8 Å². The second-order valence-corrected chi connectivity index (χ2v) is 7.92. The number of benzene rings is 1. The third-order valence-electron chi connectivity index (χ3n) is 3.57. The molecule has 0 radical (unpaired) electrons. The maximum Gasteiger partial charge on any atom is 0.243 e. The van der Waals surface area contributed by atoms with Gasteiger partial charge in [-0.15, -0.1) is 0 Å². The van der Waals surface area contributed by atoms with Crippen LogP contribution in [0.3, 0.4) is 0 Å². The van der Waals surface area contributed by atoms with Crippen LogP contribution in [0.15, 0.2) is 29.2 Å². The van der Waals surface area contributed by atoms with Crippen molar-refractivity contribution in [3.63, 3.8) is 0 Å². The molecule has 0 fully saturated rings. The standard InChI is InChI=1S/C15H25NO3S2/c1-4-14(12-20-3)16(2)21(18,19)15-9-7-13(8-10-15)6-5-11-17/h7-10,14,17H,4-6,11-12H2,1-3H3. The van der Waals surface area contributed by atoms with E-state index < -0.39 is 10.0 Å². The number of thioether (sulfide) groups is 1. The van der Waals surface area contributed by atoms with Gasteiger partial charge < -0.3 is 5.11 Å². The van der Waals surface area contributed by atoms with Crippen LogP contribution in [0.25, 0.3) is 0 Å². The molecule has 1 atom stereocenters. The second-order valence-electron chi connectivity index (χ2n) is 5.01. The van der Waals surface area contributed by atoms with Crippen LogP contribution in [-0.2, 0) is 16.4 Å². The maximum absolute atomic E-state index is 12.6. The number of sulfonamides is 1. The van der Waals surface area contributed by atoms with Crippen molar-refractivity contribution in [2.75, 3.05) is 25.7 Å². The van der Waals surface area contributed by atoms with Crippen molar-refractivity contribution in [2.45, 2.75) is 37.1 Å². The summed E-state index contributed by atoms with van der Waals surface area (Å²) in [7, 11) is -1.79. The summed E-state index contributed by atoms with van der Waals surface area (Å²) in [6.07, 6.45) is 4.23. The first-order chi connectivity index (χ1) is 9.97. The highest BCUT2D eigenvalue weighted by molar-refractivity contribution is 7.98. The minimum absolute atomic E-state index is 0.0130. The van der Waals surface area contributed by atoms with Crippen LogP contribution in [0.4, 0.5) is 0 Å². The lowest BCUT2D eigenvalue weighted by atomic mass is 10.1. The highest BCUT2D eigenvalue weighted by Gasteiger charge is 2.26. The Hall–Kier alpha value is -0.560. The molecule has 1 N–H and O–H groups in total. The molecular formula is C15H25NO3S2. The zero-order valence-corrected chi connectivity index (χ0v) is 14.6. The largest absolute Gasteiger partial charge is 0.396 e. The smallest absolute Gasteiger partial charge is 0.243 e. The van der Waals surface area contributed by atoms with Crippen molar-refractivity contribution in [1.82, 2.24) is 4.31 Å². The van der Waals surface area contributed by atoms with E-state index in [2.05, 4.69) is 0 Å². The van der Waals surface area contributed by atoms with Gasteiger partial charge in [0.25, 0.3) is 0 Å². The zero-order valence-electron chi connectivity index (χ0n) is 12.9. The minimum Gasteiger partial charge on any atom is -0.396 e. The average Bonchev–Trinajstić information content (AvgIpc) is 2.50. The van der Waals surface area contributed by atoms with Gasteiger partial charge in [-0.3, -0.25) is 0 Å². The van der Waals surface area contributed by atoms with Crippen LogP contribution in [0.2, 0.25) is 0 Å². The van der Waals surface area contributed by atoms with Gasteiger partial charge in [-0.25, -0.2) is 8.42 Å². The fourth-order valence-corrected chi connectivity index (χ4v) is 4.51. The molecule has 6 heteroatoms. The highest BCUT2D eigenvalue weighted by Crippen LogP contribution is 2.20. The van der Waals surface area contributed by atoms with Gasteiger partial charge in [0.1, 0.15) is 0 Å².